The Bertz CT molecular complexity index is 1020. The average Bonchev–Trinajstić information content (AvgIpc) is 3.48. The van der Waals surface area contributed by atoms with E-state index in [-0.39, 0.29) is 30.4 Å². The van der Waals surface area contributed by atoms with Gasteiger partial charge in [-0.3, -0.25) is 9.59 Å². The van der Waals surface area contributed by atoms with E-state index < -0.39 is 0 Å². The van der Waals surface area contributed by atoms with E-state index in [0.717, 1.165) is 54.9 Å². The van der Waals surface area contributed by atoms with Crippen molar-refractivity contribution in [1.82, 2.24) is 4.90 Å². The van der Waals surface area contributed by atoms with Crippen molar-refractivity contribution in [1.29, 1.82) is 0 Å². The van der Waals surface area contributed by atoms with Crippen LogP contribution in [0.25, 0.3) is 0 Å². The van der Waals surface area contributed by atoms with Crippen LogP contribution in [0, 0.1) is 11.8 Å². The van der Waals surface area contributed by atoms with E-state index in [2.05, 4.69) is 6.07 Å². The summed E-state index contributed by atoms with van der Waals surface area (Å²) in [6.45, 7) is 4.07. The molecule has 1 aliphatic carbocycles. The second-order valence-electron chi connectivity index (χ2n) is 8.91. The third-order valence-electron chi connectivity index (χ3n) is 7.06. The summed E-state index contributed by atoms with van der Waals surface area (Å²) in [5, 5.41) is 0. The van der Waals surface area contributed by atoms with Gasteiger partial charge in [0.1, 0.15) is 0 Å². The van der Waals surface area contributed by atoms with Crippen molar-refractivity contribution in [3.63, 3.8) is 0 Å². The van der Waals surface area contributed by atoms with Gasteiger partial charge in [-0.1, -0.05) is 37.1 Å². The molecular formula is C26H30N2O4. The lowest BCUT2D eigenvalue weighted by atomic mass is 9.77. The highest BCUT2D eigenvalue weighted by Gasteiger charge is 2.41. The molecule has 6 heteroatoms. The van der Waals surface area contributed by atoms with Crippen molar-refractivity contribution in [3.05, 3.63) is 53.6 Å². The van der Waals surface area contributed by atoms with E-state index in [0.29, 0.717) is 19.6 Å². The molecule has 0 radical (unpaired) electrons. The molecule has 5 rings (SSSR count). The first kappa shape index (κ1) is 20.9. The van der Waals surface area contributed by atoms with E-state index >= 15 is 0 Å². The highest BCUT2D eigenvalue weighted by atomic mass is 16.7. The lowest BCUT2D eigenvalue weighted by molar-refractivity contribution is -0.143. The summed E-state index contributed by atoms with van der Waals surface area (Å²) < 4.78 is 10.9. The first-order valence-corrected chi connectivity index (χ1v) is 11.7. The Balaban J connectivity index is 1.33. The maximum absolute atomic E-state index is 13.6. The Morgan fingerprint density at radius 2 is 1.81 bits per heavy atom. The molecule has 32 heavy (non-hydrogen) atoms. The maximum Gasteiger partial charge on any atom is 0.231 e. The van der Waals surface area contributed by atoms with E-state index in [1.165, 1.54) is 5.56 Å². The number of nitrogens with zero attached hydrogens (tertiary/aromatic N) is 2. The van der Waals surface area contributed by atoms with Crippen LogP contribution < -0.4 is 14.4 Å². The number of para-hydroxylation sites is 1. The molecule has 2 atom stereocenters. The second-order valence-corrected chi connectivity index (χ2v) is 8.91. The molecule has 0 aromatic heterocycles. The van der Waals surface area contributed by atoms with Crippen LogP contribution in [0.5, 0.6) is 11.5 Å². The third kappa shape index (κ3) is 3.83. The molecule has 2 heterocycles. The van der Waals surface area contributed by atoms with Gasteiger partial charge in [-0.2, -0.15) is 0 Å². The molecule has 2 amide bonds. The second kappa shape index (κ2) is 8.85. The van der Waals surface area contributed by atoms with Crippen molar-refractivity contribution in [2.24, 2.45) is 11.8 Å². The highest BCUT2D eigenvalue weighted by Crippen LogP contribution is 2.37. The number of ether oxygens (including phenoxy) is 2. The zero-order chi connectivity index (χ0) is 22.1. The minimum atomic E-state index is -0.252. The Kier molecular flexibility index (Phi) is 5.77. The van der Waals surface area contributed by atoms with Gasteiger partial charge >= 0.3 is 0 Å². The summed E-state index contributed by atoms with van der Waals surface area (Å²) >= 11 is 0. The van der Waals surface area contributed by atoms with Crippen LogP contribution in [0.15, 0.2) is 42.5 Å². The summed E-state index contributed by atoms with van der Waals surface area (Å²) in [6.07, 6.45) is 4.46. The first-order chi connectivity index (χ1) is 15.7. The van der Waals surface area contributed by atoms with Crippen LogP contribution in [0.4, 0.5) is 5.69 Å². The summed E-state index contributed by atoms with van der Waals surface area (Å²) in [4.78, 5) is 31.0. The number of benzene rings is 2. The van der Waals surface area contributed by atoms with Gasteiger partial charge in [0.25, 0.3) is 0 Å². The van der Waals surface area contributed by atoms with Gasteiger partial charge in [-0.15, -0.1) is 0 Å². The lowest BCUT2D eigenvalue weighted by Crippen LogP contribution is -2.46. The Morgan fingerprint density at radius 3 is 2.66 bits per heavy atom. The molecule has 2 unspecified atom stereocenters. The number of carbonyl (C=O) groups excluding carboxylic acids is 2. The van der Waals surface area contributed by atoms with E-state index in [1.807, 2.05) is 53.1 Å². The van der Waals surface area contributed by atoms with Crippen molar-refractivity contribution in [2.45, 2.75) is 45.6 Å². The molecule has 2 aromatic rings. The number of fused-ring (bicyclic) bond motifs is 2. The molecule has 2 aliphatic heterocycles. The van der Waals surface area contributed by atoms with Crippen molar-refractivity contribution >= 4 is 17.5 Å². The number of hydrogen-bond acceptors (Lipinski definition) is 4. The number of anilines is 1. The minimum absolute atomic E-state index is 0.0932. The van der Waals surface area contributed by atoms with Gasteiger partial charge < -0.3 is 19.3 Å². The number of hydrogen-bond donors (Lipinski definition) is 0. The van der Waals surface area contributed by atoms with Crippen molar-refractivity contribution < 1.29 is 19.1 Å². The lowest BCUT2D eigenvalue weighted by Gasteiger charge is -2.35. The zero-order valence-corrected chi connectivity index (χ0v) is 18.6. The van der Waals surface area contributed by atoms with Crippen LogP contribution in [0.2, 0.25) is 0 Å². The quantitative estimate of drug-likeness (QED) is 0.709. The van der Waals surface area contributed by atoms with E-state index in [4.69, 9.17) is 9.47 Å². The molecule has 168 valence electrons. The predicted molar refractivity (Wildman–Crippen MR) is 122 cm³/mol. The van der Waals surface area contributed by atoms with Gasteiger partial charge in [0.05, 0.1) is 5.92 Å². The molecule has 0 bridgehead atoms. The largest absolute Gasteiger partial charge is 0.454 e. The van der Waals surface area contributed by atoms with Gasteiger partial charge in [0, 0.05) is 31.2 Å². The minimum Gasteiger partial charge on any atom is -0.454 e. The molecule has 0 spiro atoms. The molecule has 2 aromatic carbocycles. The predicted octanol–water partition coefficient (Wildman–Crippen LogP) is 4.16. The third-order valence-corrected chi connectivity index (χ3v) is 7.06. The molecule has 1 saturated carbocycles. The smallest absolute Gasteiger partial charge is 0.231 e. The van der Waals surface area contributed by atoms with Gasteiger partial charge in [-0.25, -0.2) is 0 Å². The molecular weight excluding hydrogens is 404 g/mol. The van der Waals surface area contributed by atoms with Crippen LogP contribution in [-0.4, -0.2) is 36.6 Å². The summed E-state index contributed by atoms with van der Waals surface area (Å²) in [6, 6.07) is 14.0. The molecule has 3 aliphatic rings. The van der Waals surface area contributed by atoms with Crippen molar-refractivity contribution in [2.75, 3.05) is 24.8 Å². The average molecular weight is 435 g/mol. The van der Waals surface area contributed by atoms with Crippen molar-refractivity contribution in [3.8, 4) is 11.5 Å². The fraction of sp³-hybridized carbons (Fsp3) is 0.462. The highest BCUT2D eigenvalue weighted by molar-refractivity contribution is 5.99. The maximum atomic E-state index is 13.6. The molecule has 0 N–H and O–H groups in total. The summed E-state index contributed by atoms with van der Waals surface area (Å²) in [5.74, 6) is 1.19. The molecule has 1 fully saturated rings. The van der Waals surface area contributed by atoms with E-state index in [1.54, 1.807) is 0 Å². The van der Waals surface area contributed by atoms with Crippen LogP contribution in [-0.2, 0) is 22.6 Å². The van der Waals surface area contributed by atoms with Crippen LogP contribution >= 0.6 is 0 Å². The Morgan fingerprint density at radius 1 is 1.03 bits per heavy atom. The molecule has 6 nitrogen and oxygen atoms in total. The topological polar surface area (TPSA) is 59.1 Å². The SMILES string of the molecule is CCN(Cc1ccc2c(c1)OCO2)C(=O)C1CCCCC1C(=O)N1CCc2ccccc21. The monoisotopic (exact) mass is 434 g/mol. The standard InChI is InChI=1S/C26H30N2O4/c1-2-27(16-18-11-12-23-24(15-18)32-17-31-23)25(29)20-8-4-5-9-21(20)26(30)28-14-13-19-7-3-6-10-22(19)28/h3,6-7,10-12,15,20-21H,2,4-5,8-9,13-14,16-17H2,1H3. The Labute approximate surface area is 189 Å². The van der Waals surface area contributed by atoms with Crippen LogP contribution in [0.3, 0.4) is 0 Å². The number of carbonyl (C=O) groups is 2. The van der Waals surface area contributed by atoms with Gasteiger partial charge in [0.15, 0.2) is 11.5 Å². The van der Waals surface area contributed by atoms with Gasteiger partial charge in [0.2, 0.25) is 18.6 Å². The normalized spacial score (nSPS) is 21.3. The number of amides is 2. The van der Waals surface area contributed by atoms with Crippen LogP contribution in [0.1, 0.15) is 43.7 Å². The Hall–Kier alpha value is -3.02. The van der Waals surface area contributed by atoms with Gasteiger partial charge in [-0.05, 0) is 55.5 Å². The summed E-state index contributed by atoms with van der Waals surface area (Å²) in [7, 11) is 0. The fourth-order valence-electron chi connectivity index (χ4n) is 5.33. The zero-order valence-electron chi connectivity index (χ0n) is 18.6. The fourth-order valence-corrected chi connectivity index (χ4v) is 5.33. The summed E-state index contributed by atoms with van der Waals surface area (Å²) in [5.41, 5.74) is 3.25. The number of rotatable bonds is 5. The van der Waals surface area contributed by atoms with E-state index in [9.17, 15) is 9.59 Å². The molecule has 0 saturated heterocycles. The first-order valence-electron chi connectivity index (χ1n) is 11.7.